The number of nitrogen functional groups attached to an aromatic ring is 1. The van der Waals surface area contributed by atoms with Crippen LogP contribution in [0, 0.1) is 0 Å². The monoisotopic (exact) mass is 320 g/mol. The summed E-state index contributed by atoms with van der Waals surface area (Å²) in [5.41, 5.74) is 10.6. The fourth-order valence-electron chi connectivity index (χ4n) is 3.03. The van der Waals surface area contributed by atoms with Crippen molar-refractivity contribution >= 4 is 28.9 Å². The molecule has 1 unspecified atom stereocenters. The van der Waals surface area contributed by atoms with E-state index in [0.29, 0.717) is 10.0 Å². The lowest BCUT2D eigenvalue weighted by Gasteiger charge is -2.34. The highest BCUT2D eigenvalue weighted by Crippen LogP contribution is 2.35. The van der Waals surface area contributed by atoms with Gasteiger partial charge in [0.25, 0.3) is 0 Å². The van der Waals surface area contributed by atoms with Gasteiger partial charge in [-0.2, -0.15) is 0 Å². The molecule has 1 heterocycles. The third kappa shape index (κ3) is 2.76. The molecular weight excluding hydrogens is 303 g/mol. The first-order valence-electron chi connectivity index (χ1n) is 7.12. The lowest BCUT2D eigenvalue weighted by Crippen LogP contribution is -2.33. The first kappa shape index (κ1) is 14.7. The molecule has 0 amide bonds. The summed E-state index contributed by atoms with van der Waals surface area (Å²) in [6.45, 7) is 4.05. The first-order valence-corrected chi connectivity index (χ1v) is 7.87. The van der Waals surface area contributed by atoms with E-state index in [1.54, 1.807) is 0 Å². The van der Waals surface area contributed by atoms with Crippen molar-refractivity contribution in [2.75, 3.05) is 12.3 Å². The van der Waals surface area contributed by atoms with Crippen LogP contribution >= 0.6 is 23.2 Å². The molecule has 1 aliphatic heterocycles. The Morgan fingerprint density at radius 2 is 1.90 bits per heavy atom. The highest BCUT2D eigenvalue weighted by molar-refractivity contribution is 6.42. The zero-order valence-electron chi connectivity index (χ0n) is 11.9. The Kier molecular flexibility index (Phi) is 4.12. The van der Waals surface area contributed by atoms with Crippen molar-refractivity contribution in [3.05, 3.63) is 63.1 Å². The number of rotatable bonds is 2. The molecule has 4 heteroatoms. The number of hydrogen-bond donors (Lipinski definition) is 1. The number of benzene rings is 2. The maximum atomic E-state index is 6.35. The van der Waals surface area contributed by atoms with Crippen LogP contribution in [0.4, 0.5) is 5.69 Å². The molecule has 0 radical (unpaired) electrons. The Balaban J connectivity index is 1.87. The molecule has 0 bridgehead atoms. The van der Waals surface area contributed by atoms with E-state index in [4.69, 9.17) is 28.9 Å². The molecule has 0 saturated carbocycles. The maximum absolute atomic E-state index is 6.35. The normalized spacial score (nSPS) is 16.5. The van der Waals surface area contributed by atoms with Crippen molar-refractivity contribution in [2.45, 2.75) is 25.9 Å². The van der Waals surface area contributed by atoms with E-state index in [0.717, 1.165) is 30.8 Å². The molecule has 2 N–H and O–H groups in total. The van der Waals surface area contributed by atoms with Gasteiger partial charge in [0.15, 0.2) is 0 Å². The molecule has 0 aromatic heterocycles. The maximum Gasteiger partial charge on any atom is 0.0640 e. The van der Waals surface area contributed by atoms with Crippen molar-refractivity contribution in [1.82, 2.24) is 4.90 Å². The second-order valence-electron chi connectivity index (χ2n) is 5.52. The van der Waals surface area contributed by atoms with Crippen LogP contribution in [0.5, 0.6) is 0 Å². The van der Waals surface area contributed by atoms with Gasteiger partial charge in [-0.1, -0.05) is 47.5 Å². The third-order valence-corrected chi connectivity index (χ3v) is 5.14. The van der Waals surface area contributed by atoms with E-state index in [9.17, 15) is 0 Å². The average molecular weight is 321 g/mol. The molecule has 0 spiro atoms. The summed E-state index contributed by atoms with van der Waals surface area (Å²) in [5.74, 6) is 0. The van der Waals surface area contributed by atoms with E-state index in [-0.39, 0.29) is 6.04 Å². The number of anilines is 1. The van der Waals surface area contributed by atoms with Crippen molar-refractivity contribution < 1.29 is 0 Å². The Morgan fingerprint density at radius 3 is 2.71 bits per heavy atom. The minimum absolute atomic E-state index is 0.228. The van der Waals surface area contributed by atoms with E-state index in [1.807, 2.05) is 30.3 Å². The highest BCUT2D eigenvalue weighted by atomic mass is 35.5. The first-order chi connectivity index (χ1) is 10.1. The fourth-order valence-corrected chi connectivity index (χ4v) is 3.50. The van der Waals surface area contributed by atoms with E-state index in [1.165, 1.54) is 11.1 Å². The standard InChI is InChI=1S/C17H18Cl2N2/c1-11(13-5-3-6-15(18)17(13)19)21-9-8-14-12(10-21)4-2-7-16(14)20/h2-7,11H,8-10,20H2,1H3. The van der Waals surface area contributed by atoms with Crippen LogP contribution in [-0.2, 0) is 13.0 Å². The fraction of sp³-hybridized carbons (Fsp3) is 0.294. The number of nitrogens with two attached hydrogens (primary N) is 1. The van der Waals surface area contributed by atoms with Crippen LogP contribution in [0.15, 0.2) is 36.4 Å². The van der Waals surface area contributed by atoms with Crippen LogP contribution in [0.25, 0.3) is 0 Å². The van der Waals surface area contributed by atoms with Gasteiger partial charge in [-0.05, 0) is 42.2 Å². The molecule has 2 nitrogen and oxygen atoms in total. The average Bonchev–Trinajstić information content (AvgIpc) is 2.49. The van der Waals surface area contributed by atoms with Gasteiger partial charge in [0.05, 0.1) is 10.0 Å². The zero-order valence-corrected chi connectivity index (χ0v) is 13.5. The van der Waals surface area contributed by atoms with Crippen molar-refractivity contribution in [1.29, 1.82) is 0 Å². The lowest BCUT2D eigenvalue weighted by atomic mass is 9.95. The molecule has 0 fully saturated rings. The quantitative estimate of drug-likeness (QED) is 0.813. The summed E-state index contributed by atoms with van der Waals surface area (Å²) in [4.78, 5) is 2.42. The van der Waals surface area contributed by atoms with Crippen LogP contribution in [-0.4, -0.2) is 11.4 Å². The largest absolute Gasteiger partial charge is 0.398 e. The Labute approximate surface area is 135 Å². The molecule has 1 atom stereocenters. The van der Waals surface area contributed by atoms with Crippen molar-refractivity contribution in [3.8, 4) is 0 Å². The molecule has 21 heavy (non-hydrogen) atoms. The highest BCUT2D eigenvalue weighted by Gasteiger charge is 2.24. The second kappa shape index (κ2) is 5.88. The Hall–Kier alpha value is -1.22. The lowest BCUT2D eigenvalue weighted by molar-refractivity contribution is 0.192. The SMILES string of the molecule is CC(c1cccc(Cl)c1Cl)N1CCc2c(N)cccc2C1. The van der Waals surface area contributed by atoms with E-state index < -0.39 is 0 Å². The summed E-state index contributed by atoms with van der Waals surface area (Å²) in [5, 5.41) is 1.27. The zero-order chi connectivity index (χ0) is 15.0. The Morgan fingerprint density at radius 1 is 1.14 bits per heavy atom. The van der Waals surface area contributed by atoms with Gasteiger partial charge in [-0.15, -0.1) is 0 Å². The molecule has 3 rings (SSSR count). The van der Waals surface area contributed by atoms with Crippen LogP contribution in [0.2, 0.25) is 10.0 Å². The minimum Gasteiger partial charge on any atom is -0.398 e. The molecule has 2 aromatic carbocycles. The van der Waals surface area contributed by atoms with Gasteiger partial charge in [0.2, 0.25) is 0 Å². The smallest absolute Gasteiger partial charge is 0.0640 e. The number of hydrogen-bond acceptors (Lipinski definition) is 2. The second-order valence-corrected chi connectivity index (χ2v) is 6.31. The number of nitrogens with zero attached hydrogens (tertiary/aromatic N) is 1. The van der Waals surface area contributed by atoms with Gasteiger partial charge in [-0.25, -0.2) is 0 Å². The van der Waals surface area contributed by atoms with E-state index >= 15 is 0 Å². The third-order valence-electron chi connectivity index (χ3n) is 4.31. The van der Waals surface area contributed by atoms with Gasteiger partial charge in [-0.3, -0.25) is 4.90 Å². The van der Waals surface area contributed by atoms with E-state index in [2.05, 4.69) is 17.9 Å². The van der Waals surface area contributed by atoms with Gasteiger partial charge < -0.3 is 5.73 Å². The molecule has 1 aliphatic rings. The van der Waals surface area contributed by atoms with Gasteiger partial charge >= 0.3 is 0 Å². The van der Waals surface area contributed by atoms with Crippen LogP contribution in [0.1, 0.15) is 29.7 Å². The summed E-state index contributed by atoms with van der Waals surface area (Å²) in [6, 6.07) is 12.2. The molecule has 0 saturated heterocycles. The molecule has 110 valence electrons. The van der Waals surface area contributed by atoms with Gasteiger partial charge in [0.1, 0.15) is 0 Å². The predicted molar refractivity (Wildman–Crippen MR) is 89.8 cm³/mol. The van der Waals surface area contributed by atoms with Crippen LogP contribution in [0.3, 0.4) is 0 Å². The summed E-state index contributed by atoms with van der Waals surface area (Å²) < 4.78 is 0. The molecule has 0 aliphatic carbocycles. The van der Waals surface area contributed by atoms with Crippen molar-refractivity contribution in [3.63, 3.8) is 0 Å². The topological polar surface area (TPSA) is 29.3 Å². The molecule has 2 aromatic rings. The summed E-state index contributed by atoms with van der Waals surface area (Å²) in [7, 11) is 0. The summed E-state index contributed by atoms with van der Waals surface area (Å²) >= 11 is 12.5. The Bertz CT molecular complexity index is 670. The number of halogens is 2. The summed E-state index contributed by atoms with van der Waals surface area (Å²) in [6.07, 6.45) is 0.977. The number of fused-ring (bicyclic) bond motifs is 1. The van der Waals surface area contributed by atoms with Crippen LogP contribution < -0.4 is 5.73 Å². The van der Waals surface area contributed by atoms with Crippen molar-refractivity contribution in [2.24, 2.45) is 0 Å². The van der Waals surface area contributed by atoms with Gasteiger partial charge in [0, 0.05) is 24.8 Å². The molecular formula is C17H18Cl2N2. The predicted octanol–water partition coefficient (Wildman–Crippen LogP) is 4.69. The minimum atomic E-state index is 0.228.